The van der Waals surface area contributed by atoms with Crippen LogP contribution in [0.3, 0.4) is 0 Å². The molecule has 2 rings (SSSR count). The van der Waals surface area contributed by atoms with Gasteiger partial charge in [0.2, 0.25) is 0 Å². The molecule has 1 aliphatic rings. The maximum Gasteiger partial charge on any atom is 0.0594 e. The van der Waals surface area contributed by atoms with Gasteiger partial charge in [-0.1, -0.05) is 6.92 Å². The van der Waals surface area contributed by atoms with Crippen LogP contribution in [-0.2, 0) is 18.2 Å². The summed E-state index contributed by atoms with van der Waals surface area (Å²) in [6.45, 7) is 8.14. The lowest BCUT2D eigenvalue weighted by molar-refractivity contribution is -0.0334. The van der Waals surface area contributed by atoms with Crippen molar-refractivity contribution in [3.8, 4) is 0 Å². The number of nitrogens with one attached hydrogen (secondary N) is 1. The van der Waals surface area contributed by atoms with Gasteiger partial charge in [0.05, 0.1) is 19.4 Å². The molecule has 0 amide bonds. The van der Waals surface area contributed by atoms with Crippen molar-refractivity contribution in [3.63, 3.8) is 0 Å². The molecule has 6 heteroatoms. The molecule has 1 fully saturated rings. The van der Waals surface area contributed by atoms with E-state index in [4.69, 9.17) is 10.6 Å². The van der Waals surface area contributed by atoms with Crippen LogP contribution in [0, 0.1) is 0 Å². The molecule has 2 unspecified atom stereocenters. The molecule has 1 aromatic heterocycles. The standard InChI is InChI=1S/C15H29N5O/c1-4-15(2,20-7-9-21-10-8-20)14(18-16)6-5-13-11-17-19(3)12-13/h11-12,14,18H,4-10,16H2,1-3H3. The van der Waals surface area contributed by atoms with E-state index in [0.29, 0.717) is 0 Å². The fraction of sp³-hybridized carbons (Fsp3) is 0.800. The number of rotatable bonds is 7. The number of nitrogens with two attached hydrogens (primary N) is 1. The van der Waals surface area contributed by atoms with Crippen molar-refractivity contribution < 1.29 is 4.74 Å². The predicted molar refractivity (Wildman–Crippen MR) is 83.7 cm³/mol. The molecule has 3 N–H and O–H groups in total. The minimum Gasteiger partial charge on any atom is -0.379 e. The van der Waals surface area contributed by atoms with E-state index in [1.807, 2.05) is 17.9 Å². The Morgan fingerprint density at radius 1 is 1.48 bits per heavy atom. The minimum absolute atomic E-state index is 0.0563. The average molecular weight is 295 g/mol. The molecule has 0 aromatic carbocycles. The Morgan fingerprint density at radius 3 is 2.71 bits per heavy atom. The Hall–Kier alpha value is -0.950. The number of morpholine rings is 1. The van der Waals surface area contributed by atoms with Crippen molar-refractivity contribution >= 4 is 0 Å². The van der Waals surface area contributed by atoms with Crippen molar-refractivity contribution in [2.24, 2.45) is 12.9 Å². The third-order valence-electron chi connectivity index (χ3n) is 4.88. The molecule has 1 saturated heterocycles. The lowest BCUT2D eigenvalue weighted by atomic mass is 9.84. The highest BCUT2D eigenvalue weighted by atomic mass is 16.5. The molecule has 2 atom stereocenters. The average Bonchev–Trinajstić information content (AvgIpc) is 2.94. The van der Waals surface area contributed by atoms with Gasteiger partial charge in [0, 0.05) is 37.9 Å². The summed E-state index contributed by atoms with van der Waals surface area (Å²) >= 11 is 0. The first-order valence-electron chi connectivity index (χ1n) is 7.86. The van der Waals surface area contributed by atoms with Crippen LogP contribution in [0.2, 0.25) is 0 Å². The van der Waals surface area contributed by atoms with Gasteiger partial charge in [-0.3, -0.25) is 20.9 Å². The van der Waals surface area contributed by atoms with Crippen LogP contribution in [0.15, 0.2) is 12.4 Å². The fourth-order valence-electron chi connectivity index (χ4n) is 3.25. The van der Waals surface area contributed by atoms with E-state index in [-0.39, 0.29) is 11.6 Å². The highest BCUT2D eigenvalue weighted by Gasteiger charge is 2.38. The second-order valence-corrected chi connectivity index (χ2v) is 6.09. The van der Waals surface area contributed by atoms with Crippen molar-refractivity contribution in [1.82, 2.24) is 20.1 Å². The summed E-state index contributed by atoms with van der Waals surface area (Å²) in [5, 5.41) is 4.23. The molecule has 1 aliphatic heterocycles. The van der Waals surface area contributed by atoms with Crippen LogP contribution in [-0.4, -0.2) is 52.6 Å². The molecule has 0 bridgehead atoms. The summed E-state index contributed by atoms with van der Waals surface area (Å²) < 4.78 is 7.33. The van der Waals surface area contributed by atoms with E-state index in [1.165, 1.54) is 5.56 Å². The number of hydrogen-bond acceptors (Lipinski definition) is 5. The number of ether oxygens (including phenoxy) is 1. The lowest BCUT2D eigenvalue weighted by Gasteiger charge is -2.47. The van der Waals surface area contributed by atoms with E-state index in [2.05, 4.69) is 35.5 Å². The number of aromatic nitrogens is 2. The van der Waals surface area contributed by atoms with Crippen LogP contribution in [0.25, 0.3) is 0 Å². The number of aryl methyl sites for hydroxylation is 2. The summed E-state index contributed by atoms with van der Waals surface area (Å²) in [6, 6.07) is 0.251. The third-order valence-corrected chi connectivity index (χ3v) is 4.88. The molecule has 2 heterocycles. The van der Waals surface area contributed by atoms with Crippen LogP contribution in [0.4, 0.5) is 0 Å². The minimum atomic E-state index is 0.0563. The van der Waals surface area contributed by atoms with Crippen molar-refractivity contribution in [2.45, 2.75) is 44.7 Å². The predicted octanol–water partition coefficient (Wildman–Crippen LogP) is 0.686. The zero-order valence-corrected chi connectivity index (χ0v) is 13.5. The normalized spacial score (nSPS) is 21.1. The molecule has 21 heavy (non-hydrogen) atoms. The lowest BCUT2D eigenvalue weighted by Crippen LogP contribution is -2.63. The van der Waals surface area contributed by atoms with E-state index in [9.17, 15) is 0 Å². The zero-order chi connectivity index (χ0) is 15.3. The van der Waals surface area contributed by atoms with Gasteiger partial charge in [0.15, 0.2) is 0 Å². The Bertz CT molecular complexity index is 429. The Labute approximate surface area is 127 Å². The number of hydrogen-bond donors (Lipinski definition) is 2. The molecule has 0 radical (unpaired) electrons. The van der Waals surface area contributed by atoms with Gasteiger partial charge in [0.1, 0.15) is 0 Å². The maximum absolute atomic E-state index is 5.88. The number of hydrazine groups is 1. The largest absolute Gasteiger partial charge is 0.379 e. The third kappa shape index (κ3) is 3.83. The van der Waals surface area contributed by atoms with Gasteiger partial charge >= 0.3 is 0 Å². The van der Waals surface area contributed by atoms with Gasteiger partial charge in [0.25, 0.3) is 0 Å². The Morgan fingerprint density at radius 2 is 2.19 bits per heavy atom. The van der Waals surface area contributed by atoms with Crippen molar-refractivity contribution in [1.29, 1.82) is 0 Å². The maximum atomic E-state index is 5.88. The summed E-state index contributed by atoms with van der Waals surface area (Å²) in [7, 11) is 1.95. The van der Waals surface area contributed by atoms with Crippen LogP contribution < -0.4 is 11.3 Å². The molecular formula is C15H29N5O. The molecular weight excluding hydrogens is 266 g/mol. The molecule has 120 valence electrons. The van der Waals surface area contributed by atoms with Gasteiger partial charge in [-0.15, -0.1) is 0 Å². The highest BCUT2D eigenvalue weighted by molar-refractivity contribution is 5.06. The summed E-state index contributed by atoms with van der Waals surface area (Å²) in [6.07, 6.45) is 7.07. The van der Waals surface area contributed by atoms with Gasteiger partial charge < -0.3 is 4.74 Å². The fourth-order valence-corrected chi connectivity index (χ4v) is 3.25. The van der Waals surface area contributed by atoms with E-state index < -0.39 is 0 Å². The smallest absolute Gasteiger partial charge is 0.0594 e. The highest BCUT2D eigenvalue weighted by Crippen LogP contribution is 2.27. The number of nitrogens with zero attached hydrogens (tertiary/aromatic N) is 3. The second kappa shape index (κ2) is 7.35. The molecule has 1 aromatic rings. The van der Waals surface area contributed by atoms with Gasteiger partial charge in [-0.05, 0) is 31.7 Å². The molecule has 0 spiro atoms. The van der Waals surface area contributed by atoms with E-state index in [1.54, 1.807) is 0 Å². The topological polar surface area (TPSA) is 68.3 Å². The van der Waals surface area contributed by atoms with Gasteiger partial charge in [-0.25, -0.2) is 0 Å². The van der Waals surface area contributed by atoms with Crippen LogP contribution in [0.1, 0.15) is 32.3 Å². The van der Waals surface area contributed by atoms with Crippen LogP contribution >= 0.6 is 0 Å². The first-order valence-corrected chi connectivity index (χ1v) is 7.86. The summed E-state index contributed by atoms with van der Waals surface area (Å²) in [5.74, 6) is 5.88. The van der Waals surface area contributed by atoms with E-state index >= 15 is 0 Å². The molecule has 0 aliphatic carbocycles. The van der Waals surface area contributed by atoms with Gasteiger partial charge in [-0.2, -0.15) is 5.10 Å². The quantitative estimate of drug-likeness (QED) is 0.572. The Balaban J connectivity index is 2.01. The summed E-state index contributed by atoms with van der Waals surface area (Å²) in [5.41, 5.74) is 4.38. The second-order valence-electron chi connectivity index (χ2n) is 6.09. The first-order chi connectivity index (χ1) is 10.1. The first kappa shape index (κ1) is 16.4. The summed E-state index contributed by atoms with van der Waals surface area (Å²) in [4.78, 5) is 2.52. The van der Waals surface area contributed by atoms with Crippen molar-refractivity contribution in [2.75, 3.05) is 26.3 Å². The van der Waals surface area contributed by atoms with Crippen molar-refractivity contribution in [3.05, 3.63) is 18.0 Å². The Kier molecular flexibility index (Phi) is 5.75. The molecule has 0 saturated carbocycles. The SMILES string of the molecule is CCC(C)(C(CCc1cnn(C)c1)NN)N1CCOCC1. The van der Waals surface area contributed by atoms with E-state index in [0.717, 1.165) is 45.6 Å². The monoisotopic (exact) mass is 295 g/mol. The zero-order valence-electron chi connectivity index (χ0n) is 13.5. The molecule has 6 nitrogen and oxygen atoms in total. The van der Waals surface area contributed by atoms with Crippen LogP contribution in [0.5, 0.6) is 0 Å².